The average molecular weight is 325 g/mol. The fraction of sp³-hybridized carbons (Fsp3) is 0.667. The molecule has 1 nitrogen and oxygen atoms in total. The lowest BCUT2D eigenvalue weighted by molar-refractivity contribution is 0.465. The first-order valence-corrected chi connectivity index (χ1v) is 13.0. The quantitative estimate of drug-likeness (QED) is 0.441. The summed E-state index contributed by atoms with van der Waals surface area (Å²) in [5, 5.41) is 11.5. The maximum atomic E-state index is 10.3. The van der Waals surface area contributed by atoms with Crippen molar-refractivity contribution < 1.29 is 5.11 Å². The number of rotatable bonds is 9. The van der Waals surface area contributed by atoms with Crippen LogP contribution in [0.25, 0.3) is 0 Å². The number of unbranched alkanes of at least 4 members (excludes halogenated alkanes) is 2. The number of hydrogen-bond acceptors (Lipinski definition) is 2. The Bertz CT molecular complexity index is 438. The van der Waals surface area contributed by atoms with E-state index in [1.807, 2.05) is 17.8 Å². The first-order valence-electron chi connectivity index (χ1n) is 8.35. The van der Waals surface area contributed by atoms with Gasteiger partial charge in [-0.3, -0.25) is 0 Å². The zero-order valence-corrected chi connectivity index (χ0v) is 16.3. The van der Waals surface area contributed by atoms with Gasteiger partial charge >= 0.3 is 0 Å². The smallest absolute Gasteiger partial charge is 0.119 e. The molecule has 0 heterocycles. The van der Waals surface area contributed by atoms with E-state index in [1.54, 1.807) is 0 Å². The molecule has 1 N–H and O–H groups in total. The molecule has 1 aromatic rings. The van der Waals surface area contributed by atoms with Gasteiger partial charge in [0.1, 0.15) is 5.75 Å². The van der Waals surface area contributed by atoms with Gasteiger partial charge in [-0.15, -0.1) is 11.8 Å². The van der Waals surface area contributed by atoms with Crippen LogP contribution in [-0.4, -0.2) is 18.6 Å². The molecular weight excluding hydrogens is 292 g/mol. The summed E-state index contributed by atoms with van der Waals surface area (Å²) in [6.07, 6.45) is 6.82. The van der Waals surface area contributed by atoms with E-state index in [4.69, 9.17) is 0 Å². The monoisotopic (exact) mass is 324 g/mol. The van der Waals surface area contributed by atoms with Gasteiger partial charge in [0.25, 0.3) is 0 Å². The van der Waals surface area contributed by atoms with E-state index in [0.29, 0.717) is 5.75 Å². The lowest BCUT2D eigenvalue weighted by Crippen LogP contribution is -2.23. The molecule has 0 fully saturated rings. The molecule has 0 aromatic heterocycles. The third kappa shape index (κ3) is 6.92. The topological polar surface area (TPSA) is 20.2 Å². The molecular formula is C18H32OSSi. The Kier molecular flexibility index (Phi) is 7.89. The molecule has 120 valence electrons. The SMILES string of the molecule is CCCCc1cc(SC[Si](C)(C)C)c(CCCC)cc1O. The van der Waals surface area contributed by atoms with Crippen LogP contribution in [-0.2, 0) is 12.8 Å². The maximum absolute atomic E-state index is 10.3. The molecule has 1 aromatic carbocycles. The van der Waals surface area contributed by atoms with Crippen molar-refractivity contribution >= 4 is 19.8 Å². The Morgan fingerprint density at radius 3 is 2.05 bits per heavy atom. The van der Waals surface area contributed by atoms with E-state index in [2.05, 4.69) is 39.6 Å². The van der Waals surface area contributed by atoms with Crippen LogP contribution in [0.2, 0.25) is 19.6 Å². The predicted octanol–water partition coefficient (Wildman–Crippen LogP) is 6.05. The number of aromatic hydroxyl groups is 1. The Morgan fingerprint density at radius 1 is 0.952 bits per heavy atom. The highest BCUT2D eigenvalue weighted by Crippen LogP contribution is 2.33. The number of aryl methyl sites for hydroxylation is 2. The summed E-state index contributed by atoms with van der Waals surface area (Å²) in [6.45, 7) is 11.7. The summed E-state index contributed by atoms with van der Waals surface area (Å²) >= 11 is 2.01. The summed E-state index contributed by atoms with van der Waals surface area (Å²) in [4.78, 5) is 1.41. The van der Waals surface area contributed by atoms with E-state index < -0.39 is 8.07 Å². The second-order valence-electron chi connectivity index (χ2n) is 7.15. The van der Waals surface area contributed by atoms with Crippen LogP contribution in [0.4, 0.5) is 0 Å². The van der Waals surface area contributed by atoms with Crippen LogP contribution in [0.5, 0.6) is 5.75 Å². The van der Waals surface area contributed by atoms with Gasteiger partial charge in [0.2, 0.25) is 0 Å². The number of thioether (sulfide) groups is 1. The Balaban J connectivity index is 2.96. The van der Waals surface area contributed by atoms with E-state index >= 15 is 0 Å². The van der Waals surface area contributed by atoms with Crippen molar-refractivity contribution in [2.75, 3.05) is 5.38 Å². The summed E-state index contributed by atoms with van der Waals surface area (Å²) < 4.78 is 0. The minimum atomic E-state index is -1.05. The molecule has 3 heteroatoms. The Labute approximate surface area is 136 Å². The van der Waals surface area contributed by atoms with E-state index in [1.165, 1.54) is 35.1 Å². The van der Waals surface area contributed by atoms with Crippen LogP contribution < -0.4 is 0 Å². The number of hydrogen-bond donors (Lipinski definition) is 1. The number of phenolic OH excluding ortho intramolecular Hbond substituents is 1. The van der Waals surface area contributed by atoms with Gasteiger partial charge in [-0.2, -0.15) is 0 Å². The van der Waals surface area contributed by atoms with Gasteiger partial charge in [0, 0.05) is 4.90 Å². The summed E-state index contributed by atoms with van der Waals surface area (Å²) in [5.74, 6) is 0.506. The van der Waals surface area contributed by atoms with Gasteiger partial charge < -0.3 is 5.11 Å². The normalized spacial score (nSPS) is 11.9. The van der Waals surface area contributed by atoms with Crippen LogP contribution in [0.15, 0.2) is 17.0 Å². The van der Waals surface area contributed by atoms with Crippen molar-refractivity contribution in [2.24, 2.45) is 0 Å². The molecule has 0 unspecified atom stereocenters. The molecule has 0 amide bonds. The molecule has 0 aliphatic heterocycles. The first-order chi connectivity index (χ1) is 9.87. The van der Waals surface area contributed by atoms with Gasteiger partial charge in [-0.1, -0.05) is 46.3 Å². The molecule has 0 bridgehead atoms. The minimum Gasteiger partial charge on any atom is -0.508 e. The van der Waals surface area contributed by atoms with E-state index in [9.17, 15) is 5.11 Å². The zero-order valence-electron chi connectivity index (χ0n) is 14.5. The van der Waals surface area contributed by atoms with Crippen molar-refractivity contribution in [3.63, 3.8) is 0 Å². The molecule has 0 saturated carbocycles. The Hall–Kier alpha value is -0.413. The second kappa shape index (κ2) is 8.89. The lowest BCUT2D eigenvalue weighted by Gasteiger charge is -2.18. The second-order valence-corrected chi connectivity index (χ2v) is 14.1. The van der Waals surface area contributed by atoms with Gasteiger partial charge in [-0.25, -0.2) is 0 Å². The summed E-state index contributed by atoms with van der Waals surface area (Å²) in [7, 11) is -1.05. The number of phenols is 1. The summed E-state index contributed by atoms with van der Waals surface area (Å²) in [6, 6.07) is 4.30. The third-order valence-electron chi connectivity index (χ3n) is 3.52. The van der Waals surface area contributed by atoms with E-state index in [-0.39, 0.29) is 0 Å². The summed E-state index contributed by atoms with van der Waals surface area (Å²) in [5.41, 5.74) is 2.48. The van der Waals surface area contributed by atoms with Crippen molar-refractivity contribution in [2.45, 2.75) is 76.9 Å². The first kappa shape index (κ1) is 18.6. The van der Waals surface area contributed by atoms with Crippen LogP contribution in [0.1, 0.15) is 50.7 Å². The molecule has 0 aliphatic rings. The standard InChI is InChI=1S/C18H32OSSi/c1-6-8-10-15-13-18(20-14-21(3,4)5)16(11-9-7-2)12-17(15)19/h12-13,19H,6-11,14H2,1-5H3. The minimum absolute atomic E-state index is 0.506. The van der Waals surface area contributed by atoms with Crippen molar-refractivity contribution in [1.29, 1.82) is 0 Å². The van der Waals surface area contributed by atoms with Crippen LogP contribution in [0, 0.1) is 0 Å². The van der Waals surface area contributed by atoms with Gasteiger partial charge in [0.05, 0.1) is 8.07 Å². The fourth-order valence-electron chi connectivity index (χ4n) is 2.21. The molecule has 0 atom stereocenters. The molecule has 0 radical (unpaired) electrons. The van der Waals surface area contributed by atoms with Gasteiger partial charge in [-0.05, 0) is 54.3 Å². The Morgan fingerprint density at radius 2 is 1.52 bits per heavy atom. The van der Waals surface area contributed by atoms with Crippen LogP contribution in [0.3, 0.4) is 0 Å². The third-order valence-corrected chi connectivity index (χ3v) is 8.25. The highest BCUT2D eigenvalue weighted by molar-refractivity contribution is 8.01. The van der Waals surface area contributed by atoms with Crippen molar-refractivity contribution in [1.82, 2.24) is 0 Å². The van der Waals surface area contributed by atoms with Crippen LogP contribution >= 0.6 is 11.8 Å². The fourth-order valence-corrected chi connectivity index (χ4v) is 5.14. The molecule has 0 spiro atoms. The highest BCUT2D eigenvalue weighted by atomic mass is 32.2. The molecule has 0 saturated heterocycles. The predicted molar refractivity (Wildman–Crippen MR) is 99.4 cm³/mol. The maximum Gasteiger partial charge on any atom is 0.119 e. The van der Waals surface area contributed by atoms with Crippen molar-refractivity contribution in [3.8, 4) is 5.75 Å². The molecule has 1 rings (SSSR count). The zero-order chi connectivity index (χ0) is 15.9. The highest BCUT2D eigenvalue weighted by Gasteiger charge is 2.16. The van der Waals surface area contributed by atoms with Gasteiger partial charge in [0.15, 0.2) is 0 Å². The average Bonchev–Trinajstić information content (AvgIpc) is 2.41. The number of benzene rings is 1. The molecule has 0 aliphatic carbocycles. The largest absolute Gasteiger partial charge is 0.508 e. The van der Waals surface area contributed by atoms with Crippen molar-refractivity contribution in [3.05, 3.63) is 23.3 Å². The van der Waals surface area contributed by atoms with E-state index in [0.717, 1.165) is 24.8 Å². The lowest BCUT2D eigenvalue weighted by atomic mass is 10.0. The molecule has 21 heavy (non-hydrogen) atoms.